The predicted octanol–water partition coefficient (Wildman–Crippen LogP) is 2.74. The fourth-order valence-electron chi connectivity index (χ4n) is 2.54. The fourth-order valence-corrected chi connectivity index (χ4v) is 4.15. The molecular weight excluding hydrogens is 218 g/mol. The topological polar surface area (TPSA) is 21.3 Å². The highest BCUT2D eigenvalue weighted by atomic mass is 32.2. The van der Waals surface area contributed by atoms with Crippen LogP contribution in [0.2, 0.25) is 0 Å². The Balaban J connectivity index is 1.98. The van der Waals surface area contributed by atoms with Crippen molar-refractivity contribution in [3.63, 3.8) is 0 Å². The molecule has 2 unspecified atom stereocenters. The van der Waals surface area contributed by atoms with Gasteiger partial charge in [-0.15, -0.1) is 11.8 Å². The third-order valence-corrected chi connectivity index (χ3v) is 5.10. The molecule has 3 rings (SSSR count). The average molecular weight is 235 g/mol. The molecule has 1 saturated heterocycles. The van der Waals surface area contributed by atoms with Crippen LogP contribution in [0.25, 0.3) is 0 Å². The Morgan fingerprint density at radius 2 is 2.38 bits per heavy atom. The smallest absolute Gasteiger partial charge is 0.125 e. The Kier molecular flexibility index (Phi) is 2.60. The summed E-state index contributed by atoms with van der Waals surface area (Å²) >= 11 is 2.05. The maximum Gasteiger partial charge on any atom is 0.125 e. The van der Waals surface area contributed by atoms with E-state index in [2.05, 4.69) is 36.5 Å². The minimum atomic E-state index is 0.121. The molecule has 1 N–H and O–H groups in total. The molecule has 2 heterocycles. The molecule has 3 heteroatoms. The van der Waals surface area contributed by atoms with Crippen LogP contribution in [0.4, 0.5) is 0 Å². The Labute approximate surface area is 101 Å². The van der Waals surface area contributed by atoms with Gasteiger partial charge in [-0.1, -0.05) is 25.1 Å². The third kappa shape index (κ3) is 1.54. The van der Waals surface area contributed by atoms with Crippen molar-refractivity contribution >= 4 is 11.8 Å². The highest BCUT2D eigenvalue weighted by Gasteiger charge is 2.43. The van der Waals surface area contributed by atoms with Crippen LogP contribution in [0.3, 0.4) is 0 Å². The number of ether oxygens (including phenoxy) is 1. The lowest BCUT2D eigenvalue weighted by atomic mass is 9.99. The van der Waals surface area contributed by atoms with Gasteiger partial charge in [-0.3, -0.25) is 5.32 Å². The molecule has 2 aliphatic rings. The van der Waals surface area contributed by atoms with E-state index < -0.39 is 0 Å². The largest absolute Gasteiger partial charge is 0.493 e. The van der Waals surface area contributed by atoms with Gasteiger partial charge in [0.1, 0.15) is 5.75 Å². The van der Waals surface area contributed by atoms with E-state index in [9.17, 15) is 0 Å². The van der Waals surface area contributed by atoms with Crippen LogP contribution in [-0.4, -0.2) is 18.4 Å². The maximum absolute atomic E-state index is 5.73. The van der Waals surface area contributed by atoms with E-state index in [0.29, 0.717) is 6.04 Å². The van der Waals surface area contributed by atoms with Crippen LogP contribution >= 0.6 is 11.8 Å². The Morgan fingerprint density at radius 1 is 1.50 bits per heavy atom. The summed E-state index contributed by atoms with van der Waals surface area (Å²) in [5.74, 6) is 2.27. The average Bonchev–Trinajstić information content (AvgIpc) is 2.74. The second-order valence-corrected chi connectivity index (χ2v) is 5.80. The van der Waals surface area contributed by atoms with Crippen LogP contribution in [-0.2, 0) is 4.87 Å². The molecule has 16 heavy (non-hydrogen) atoms. The highest BCUT2D eigenvalue weighted by Crippen LogP contribution is 2.48. The molecule has 2 aliphatic heterocycles. The SMILES string of the molecule is CCC1CSC2(CCOc3ccccc32)N1. The lowest BCUT2D eigenvalue weighted by Gasteiger charge is -2.35. The van der Waals surface area contributed by atoms with Gasteiger partial charge in [0, 0.05) is 23.8 Å². The number of thioether (sulfide) groups is 1. The standard InChI is InChI=1S/C13H17NOS/c1-2-10-9-16-13(14-10)7-8-15-12-6-4-3-5-11(12)13/h3-6,10,14H,2,7-9H2,1H3. The summed E-state index contributed by atoms with van der Waals surface area (Å²) in [6.45, 7) is 3.08. The Morgan fingerprint density at radius 3 is 3.19 bits per heavy atom. The predicted molar refractivity (Wildman–Crippen MR) is 67.9 cm³/mol. The van der Waals surface area contributed by atoms with Crippen molar-refractivity contribution in [2.24, 2.45) is 0 Å². The number of rotatable bonds is 1. The summed E-state index contributed by atoms with van der Waals surface area (Å²) in [6.07, 6.45) is 2.28. The van der Waals surface area contributed by atoms with Crippen molar-refractivity contribution in [1.82, 2.24) is 5.32 Å². The monoisotopic (exact) mass is 235 g/mol. The van der Waals surface area contributed by atoms with Crippen LogP contribution in [0.15, 0.2) is 24.3 Å². The van der Waals surface area contributed by atoms with Crippen molar-refractivity contribution in [3.05, 3.63) is 29.8 Å². The van der Waals surface area contributed by atoms with Crippen LogP contribution < -0.4 is 10.1 Å². The molecule has 1 fully saturated rings. The van der Waals surface area contributed by atoms with Crippen molar-refractivity contribution in [1.29, 1.82) is 0 Å². The van der Waals surface area contributed by atoms with E-state index in [-0.39, 0.29) is 4.87 Å². The van der Waals surface area contributed by atoms with Gasteiger partial charge in [0.05, 0.1) is 11.5 Å². The van der Waals surface area contributed by atoms with Crippen molar-refractivity contribution in [3.8, 4) is 5.75 Å². The first-order valence-electron chi connectivity index (χ1n) is 5.98. The van der Waals surface area contributed by atoms with E-state index in [0.717, 1.165) is 18.8 Å². The van der Waals surface area contributed by atoms with Gasteiger partial charge in [0.25, 0.3) is 0 Å². The van der Waals surface area contributed by atoms with Crippen molar-refractivity contribution in [2.45, 2.75) is 30.7 Å². The number of fused-ring (bicyclic) bond motifs is 2. The molecular formula is C13H17NOS. The zero-order chi connectivity index (χ0) is 11.0. The van der Waals surface area contributed by atoms with Crippen molar-refractivity contribution in [2.75, 3.05) is 12.4 Å². The van der Waals surface area contributed by atoms with E-state index >= 15 is 0 Å². The summed E-state index contributed by atoms with van der Waals surface area (Å²) in [4.78, 5) is 0.121. The van der Waals surface area contributed by atoms with E-state index in [1.807, 2.05) is 11.8 Å². The van der Waals surface area contributed by atoms with Gasteiger partial charge >= 0.3 is 0 Å². The first-order valence-corrected chi connectivity index (χ1v) is 6.96. The summed E-state index contributed by atoms with van der Waals surface area (Å²) < 4.78 is 5.73. The van der Waals surface area contributed by atoms with Crippen molar-refractivity contribution < 1.29 is 4.74 Å². The molecule has 0 radical (unpaired) electrons. The maximum atomic E-state index is 5.73. The number of hydrogen-bond donors (Lipinski definition) is 1. The van der Waals surface area contributed by atoms with Gasteiger partial charge in [0.15, 0.2) is 0 Å². The lowest BCUT2D eigenvalue weighted by molar-refractivity contribution is 0.236. The number of para-hydroxylation sites is 1. The molecule has 0 aliphatic carbocycles. The molecule has 1 spiro atoms. The van der Waals surface area contributed by atoms with Crippen LogP contribution in [0.5, 0.6) is 5.75 Å². The van der Waals surface area contributed by atoms with Crippen LogP contribution in [0.1, 0.15) is 25.3 Å². The van der Waals surface area contributed by atoms with E-state index in [1.54, 1.807) is 0 Å². The fraction of sp³-hybridized carbons (Fsp3) is 0.538. The molecule has 0 amide bonds. The first kappa shape index (κ1) is 10.5. The molecule has 1 aromatic rings. The second kappa shape index (κ2) is 3.97. The summed E-state index contributed by atoms with van der Waals surface area (Å²) in [5.41, 5.74) is 1.34. The molecule has 2 atom stereocenters. The van der Waals surface area contributed by atoms with Gasteiger partial charge < -0.3 is 4.74 Å². The normalized spacial score (nSPS) is 32.4. The second-order valence-electron chi connectivity index (χ2n) is 4.48. The summed E-state index contributed by atoms with van der Waals surface area (Å²) in [7, 11) is 0. The first-order chi connectivity index (χ1) is 7.84. The van der Waals surface area contributed by atoms with E-state index in [4.69, 9.17) is 4.74 Å². The van der Waals surface area contributed by atoms with Gasteiger partial charge in [0.2, 0.25) is 0 Å². The minimum Gasteiger partial charge on any atom is -0.493 e. The number of benzene rings is 1. The number of hydrogen-bond acceptors (Lipinski definition) is 3. The van der Waals surface area contributed by atoms with Gasteiger partial charge in [-0.2, -0.15) is 0 Å². The Bertz CT molecular complexity index is 395. The van der Waals surface area contributed by atoms with E-state index in [1.165, 1.54) is 17.7 Å². The zero-order valence-corrected chi connectivity index (χ0v) is 10.3. The zero-order valence-electron chi connectivity index (χ0n) is 9.53. The molecule has 2 nitrogen and oxygen atoms in total. The minimum absolute atomic E-state index is 0.121. The summed E-state index contributed by atoms with van der Waals surface area (Å²) in [6, 6.07) is 9.09. The van der Waals surface area contributed by atoms with Gasteiger partial charge in [-0.25, -0.2) is 0 Å². The highest BCUT2D eigenvalue weighted by molar-refractivity contribution is 8.00. The summed E-state index contributed by atoms with van der Waals surface area (Å²) in [5, 5.41) is 3.80. The molecule has 86 valence electrons. The molecule has 1 aromatic carbocycles. The lowest BCUT2D eigenvalue weighted by Crippen LogP contribution is -2.42. The van der Waals surface area contributed by atoms with Gasteiger partial charge in [-0.05, 0) is 12.5 Å². The quantitative estimate of drug-likeness (QED) is 0.808. The molecule has 0 bridgehead atoms. The van der Waals surface area contributed by atoms with Crippen LogP contribution in [0, 0.1) is 0 Å². The molecule has 0 aromatic heterocycles. The number of nitrogens with one attached hydrogen (secondary N) is 1. The third-order valence-electron chi connectivity index (χ3n) is 3.49. The molecule has 0 saturated carbocycles. The Hall–Kier alpha value is -0.670.